The molecule has 1 atom stereocenters. The minimum Gasteiger partial charge on any atom is -0.481 e. The summed E-state index contributed by atoms with van der Waals surface area (Å²) in [6, 6.07) is 5.45. The summed E-state index contributed by atoms with van der Waals surface area (Å²) >= 11 is 0. The fourth-order valence-corrected chi connectivity index (χ4v) is 2.88. The molecule has 28 heavy (non-hydrogen) atoms. The Morgan fingerprint density at radius 2 is 2.04 bits per heavy atom. The summed E-state index contributed by atoms with van der Waals surface area (Å²) < 4.78 is 20.7. The van der Waals surface area contributed by atoms with E-state index in [1.807, 2.05) is 0 Å². The van der Waals surface area contributed by atoms with Crippen LogP contribution in [0, 0.1) is 5.82 Å². The molecule has 3 N–H and O–H groups in total. The van der Waals surface area contributed by atoms with Gasteiger partial charge in [-0.15, -0.1) is 0 Å². The third-order valence-corrected chi connectivity index (χ3v) is 4.24. The maximum absolute atomic E-state index is 14.5. The van der Waals surface area contributed by atoms with Crippen LogP contribution in [-0.4, -0.2) is 33.2 Å². The molecule has 1 unspecified atom stereocenters. The van der Waals surface area contributed by atoms with Crippen LogP contribution in [0.5, 0.6) is 0 Å². The smallest absolute Gasteiger partial charge is 0.305 e. The van der Waals surface area contributed by atoms with Crippen LogP contribution in [0.4, 0.5) is 4.39 Å². The van der Waals surface area contributed by atoms with E-state index in [4.69, 9.17) is 9.52 Å². The predicted molar refractivity (Wildman–Crippen MR) is 96.2 cm³/mol. The number of carboxylic acid groups (broad SMARTS) is 1. The van der Waals surface area contributed by atoms with Crippen molar-refractivity contribution in [2.24, 2.45) is 0 Å². The van der Waals surface area contributed by atoms with Crippen molar-refractivity contribution in [1.82, 2.24) is 9.88 Å². The molecule has 0 saturated heterocycles. The van der Waals surface area contributed by atoms with Crippen LogP contribution < -0.4 is 10.9 Å². The highest BCUT2D eigenvalue weighted by Gasteiger charge is 2.27. The second-order valence-corrected chi connectivity index (χ2v) is 6.08. The van der Waals surface area contributed by atoms with E-state index in [9.17, 15) is 23.9 Å². The zero-order chi connectivity index (χ0) is 20.3. The van der Waals surface area contributed by atoms with Gasteiger partial charge < -0.3 is 19.9 Å². The molecule has 9 heteroatoms. The number of carbonyl (C=O) groups excluding carboxylic acids is 1. The Bertz CT molecular complexity index is 1090. The number of aliphatic hydroxyl groups is 1. The Hall–Kier alpha value is -3.46. The van der Waals surface area contributed by atoms with Crippen LogP contribution in [0.15, 0.2) is 52.0 Å². The third kappa shape index (κ3) is 3.79. The quantitative estimate of drug-likeness (QED) is 0.563. The summed E-state index contributed by atoms with van der Waals surface area (Å²) in [5, 5.41) is 21.0. The molecule has 0 aliphatic carbocycles. The molecular formula is C19H17FN2O6. The number of carboxylic acids is 1. The lowest BCUT2D eigenvalue weighted by Crippen LogP contribution is -2.39. The van der Waals surface area contributed by atoms with Crippen LogP contribution in [0.1, 0.15) is 23.6 Å². The summed E-state index contributed by atoms with van der Waals surface area (Å²) in [5.74, 6) is -2.62. The number of hydrogen-bond acceptors (Lipinski definition) is 5. The topological polar surface area (TPSA) is 122 Å². The molecule has 0 radical (unpaired) electrons. The van der Waals surface area contributed by atoms with Gasteiger partial charge >= 0.3 is 5.97 Å². The lowest BCUT2D eigenvalue weighted by atomic mass is 10.0. The number of furan rings is 1. The summed E-state index contributed by atoms with van der Waals surface area (Å²) in [6.45, 7) is -0.573. The standard InChI is InChI=1S/C19H17FN2O6/c20-14-2-1-11(10-23)9-13(14)16(18(26)21-6-3-15(24)25)22-7-4-12-5-8-28-17(12)19(22)27/h1-2,4-5,7-9,16,23H,3,6,10H2,(H,21,26)(H,24,25). The second kappa shape index (κ2) is 8.05. The van der Waals surface area contributed by atoms with Crippen LogP contribution >= 0.6 is 0 Å². The summed E-state index contributed by atoms with van der Waals surface area (Å²) in [4.78, 5) is 36.3. The molecule has 8 nitrogen and oxygen atoms in total. The van der Waals surface area contributed by atoms with Crippen LogP contribution in [0.3, 0.4) is 0 Å². The third-order valence-electron chi connectivity index (χ3n) is 4.24. The van der Waals surface area contributed by atoms with Gasteiger partial charge in [0.05, 0.1) is 19.3 Å². The van der Waals surface area contributed by atoms with Crippen LogP contribution in [0.25, 0.3) is 11.0 Å². The molecule has 0 aliphatic heterocycles. The lowest BCUT2D eigenvalue weighted by Gasteiger charge is -2.21. The van der Waals surface area contributed by atoms with E-state index in [-0.39, 0.29) is 30.7 Å². The number of hydrogen-bond donors (Lipinski definition) is 3. The number of aliphatic hydroxyl groups excluding tert-OH is 1. The number of amides is 1. The molecule has 146 valence electrons. The molecular weight excluding hydrogens is 371 g/mol. The van der Waals surface area contributed by atoms with Gasteiger partial charge in [-0.2, -0.15) is 0 Å². The van der Waals surface area contributed by atoms with Crippen molar-refractivity contribution in [2.45, 2.75) is 19.1 Å². The SMILES string of the molecule is O=C(O)CCNC(=O)C(c1cc(CO)ccc1F)n1ccc2ccoc2c1=O. The second-order valence-electron chi connectivity index (χ2n) is 6.08. The van der Waals surface area contributed by atoms with Crippen molar-refractivity contribution >= 4 is 22.8 Å². The van der Waals surface area contributed by atoms with Gasteiger partial charge in [0.25, 0.3) is 5.56 Å². The molecule has 0 bridgehead atoms. The van der Waals surface area contributed by atoms with Gasteiger partial charge in [0, 0.05) is 23.7 Å². The molecule has 2 aromatic heterocycles. The Labute approximate surface area is 157 Å². The Balaban J connectivity index is 2.11. The summed E-state index contributed by atoms with van der Waals surface area (Å²) in [6.07, 6.45) is 2.34. The highest BCUT2D eigenvalue weighted by molar-refractivity contribution is 5.85. The number of halogens is 1. The molecule has 3 aromatic rings. The maximum Gasteiger partial charge on any atom is 0.305 e. The fourth-order valence-electron chi connectivity index (χ4n) is 2.88. The number of rotatable bonds is 7. The molecule has 0 saturated carbocycles. The van der Waals surface area contributed by atoms with E-state index >= 15 is 0 Å². The normalized spacial score (nSPS) is 12.1. The summed E-state index contributed by atoms with van der Waals surface area (Å²) in [5.41, 5.74) is -0.418. The molecule has 3 rings (SSSR count). The van der Waals surface area contributed by atoms with Gasteiger partial charge in [-0.3, -0.25) is 19.0 Å². The summed E-state index contributed by atoms with van der Waals surface area (Å²) in [7, 11) is 0. The number of aromatic nitrogens is 1. The van der Waals surface area contributed by atoms with Gasteiger partial charge in [0.1, 0.15) is 11.9 Å². The predicted octanol–water partition coefficient (Wildman–Crippen LogP) is 1.41. The zero-order valence-corrected chi connectivity index (χ0v) is 14.6. The van der Waals surface area contributed by atoms with E-state index < -0.39 is 29.3 Å². The molecule has 2 heterocycles. The van der Waals surface area contributed by atoms with Gasteiger partial charge in [-0.25, -0.2) is 4.39 Å². The van der Waals surface area contributed by atoms with Crippen molar-refractivity contribution in [2.75, 3.05) is 6.54 Å². The fraction of sp³-hybridized carbons (Fsp3) is 0.211. The molecule has 0 aliphatic rings. The van der Waals surface area contributed by atoms with Crippen LogP contribution in [0.2, 0.25) is 0 Å². The minimum atomic E-state index is -1.41. The first-order valence-corrected chi connectivity index (χ1v) is 8.39. The number of aliphatic carboxylic acids is 1. The van der Waals surface area contributed by atoms with Crippen molar-refractivity contribution in [3.8, 4) is 0 Å². The van der Waals surface area contributed by atoms with Crippen LogP contribution in [-0.2, 0) is 16.2 Å². The Morgan fingerprint density at radius 3 is 2.75 bits per heavy atom. The number of pyridine rings is 1. The van der Waals surface area contributed by atoms with E-state index in [2.05, 4.69) is 5.32 Å². The van der Waals surface area contributed by atoms with Gasteiger partial charge in [0.2, 0.25) is 5.91 Å². The van der Waals surface area contributed by atoms with Gasteiger partial charge in [0.15, 0.2) is 5.58 Å². The van der Waals surface area contributed by atoms with Crippen molar-refractivity contribution < 1.29 is 28.6 Å². The number of carbonyl (C=O) groups is 2. The number of nitrogens with zero attached hydrogens (tertiary/aromatic N) is 1. The first kappa shape index (κ1) is 19.3. The number of nitrogens with one attached hydrogen (secondary N) is 1. The van der Waals surface area contributed by atoms with E-state index in [1.165, 1.54) is 24.6 Å². The molecule has 0 spiro atoms. The molecule has 0 fully saturated rings. The van der Waals surface area contributed by atoms with Gasteiger partial charge in [-0.1, -0.05) is 6.07 Å². The average molecular weight is 388 g/mol. The number of benzene rings is 1. The van der Waals surface area contributed by atoms with E-state index in [1.54, 1.807) is 12.1 Å². The maximum atomic E-state index is 14.5. The average Bonchev–Trinajstić information content (AvgIpc) is 3.14. The highest BCUT2D eigenvalue weighted by Crippen LogP contribution is 2.24. The monoisotopic (exact) mass is 388 g/mol. The van der Waals surface area contributed by atoms with Crippen molar-refractivity contribution in [3.63, 3.8) is 0 Å². The largest absolute Gasteiger partial charge is 0.481 e. The highest BCUT2D eigenvalue weighted by atomic mass is 19.1. The molecule has 1 aromatic carbocycles. The zero-order valence-electron chi connectivity index (χ0n) is 14.6. The Kier molecular flexibility index (Phi) is 5.55. The molecule has 1 amide bonds. The Morgan fingerprint density at radius 1 is 1.25 bits per heavy atom. The van der Waals surface area contributed by atoms with Crippen molar-refractivity contribution in [3.05, 3.63) is 70.1 Å². The van der Waals surface area contributed by atoms with Gasteiger partial charge in [-0.05, 0) is 29.8 Å². The van der Waals surface area contributed by atoms with Crippen molar-refractivity contribution in [1.29, 1.82) is 0 Å². The number of fused-ring (bicyclic) bond motifs is 1. The first-order chi connectivity index (χ1) is 13.4. The first-order valence-electron chi connectivity index (χ1n) is 8.39. The minimum absolute atomic E-state index is 0.00422. The lowest BCUT2D eigenvalue weighted by molar-refractivity contribution is -0.137. The van der Waals surface area contributed by atoms with E-state index in [0.717, 1.165) is 10.6 Å². The van der Waals surface area contributed by atoms with E-state index in [0.29, 0.717) is 10.9 Å².